The van der Waals surface area contributed by atoms with Crippen LogP contribution in [0.5, 0.6) is 0 Å². The van der Waals surface area contributed by atoms with Crippen molar-refractivity contribution in [3.63, 3.8) is 0 Å². The van der Waals surface area contributed by atoms with Gasteiger partial charge in [0.2, 0.25) is 0 Å². The predicted molar refractivity (Wildman–Crippen MR) is 411 cm³/mol. The lowest BCUT2D eigenvalue weighted by atomic mass is 9.87. The molecule has 0 amide bonds. The van der Waals surface area contributed by atoms with Crippen LogP contribution >= 0.6 is 22.3 Å². The molecule has 0 radical (unpaired) electrons. The Bertz CT molecular complexity index is 5590. The summed E-state index contributed by atoms with van der Waals surface area (Å²) in [6.45, 7) is 17.4. The van der Waals surface area contributed by atoms with E-state index in [1.807, 2.05) is 19.1 Å². The highest BCUT2D eigenvalue weighted by Gasteiger charge is 2.22. The molecular formula is C78H73Cl2F5N14O5S2. The molecule has 0 aliphatic rings. The number of nitrogens with two attached hydrogens (primary N) is 3. The fourth-order valence-corrected chi connectivity index (χ4v) is 12.3. The molecule has 106 heavy (non-hydrogen) atoms. The first-order valence-electron chi connectivity index (χ1n) is 32.2. The number of carbonyl (C=O) groups is 1. The minimum atomic E-state index is -3.84. The SMILES string of the molecule is CC(=O)CC#N.CC(C)(C)c1ccc(S(=O)(=O)Cl)cc1.Cc1cc(N)n(-c2ccnc3c(F)cccc23)n1.Cc1cc(NS(=O)(=O)c2ccc(C(C)(C)C)cc2)n(-c2cccc3c(F)cccc23)n1.Fc1cccc2c(Cl)ccnc12.NNc1ccnc2c(F)cccc12.Nc1ccnc2c(F)cccc12. The van der Waals surface area contributed by atoms with Gasteiger partial charge in [-0.15, -0.1) is 0 Å². The van der Waals surface area contributed by atoms with E-state index in [2.05, 4.69) is 81.8 Å². The number of hydrogen-bond donors (Lipinski definition) is 5. The predicted octanol–water partition coefficient (Wildman–Crippen LogP) is 18.1. The Morgan fingerprint density at radius 3 is 1.41 bits per heavy atom. The van der Waals surface area contributed by atoms with Crippen molar-refractivity contribution in [3.8, 4) is 17.4 Å². The zero-order chi connectivity index (χ0) is 77.4. The normalized spacial score (nSPS) is 11.2. The molecule has 6 aromatic heterocycles. The fourth-order valence-electron chi connectivity index (χ4n) is 10.3. The summed E-state index contributed by atoms with van der Waals surface area (Å²) in [6, 6.07) is 54.4. The number of aromatic nitrogens is 8. The number of sulfonamides is 1. The smallest absolute Gasteiger partial charge is 0.263 e. The zero-order valence-electron chi connectivity index (χ0n) is 58.8. The van der Waals surface area contributed by atoms with E-state index >= 15 is 0 Å². The largest absolute Gasteiger partial charge is 0.398 e. The van der Waals surface area contributed by atoms with Gasteiger partial charge in [-0.25, -0.2) is 48.2 Å². The van der Waals surface area contributed by atoms with E-state index in [1.54, 1.807) is 163 Å². The number of nitrogen functional groups attached to an aromatic ring is 3. The van der Waals surface area contributed by atoms with Crippen LogP contribution in [0.15, 0.2) is 229 Å². The lowest BCUT2D eigenvalue weighted by Crippen LogP contribution is -2.17. The van der Waals surface area contributed by atoms with Gasteiger partial charge < -0.3 is 16.9 Å². The Hall–Kier alpha value is -11.5. The van der Waals surface area contributed by atoms with E-state index in [4.69, 9.17) is 44.9 Å². The van der Waals surface area contributed by atoms with Crippen LogP contribution in [0.25, 0.3) is 65.8 Å². The molecule has 0 aliphatic carbocycles. The number of fused-ring (bicyclic) bond motifs is 5. The Morgan fingerprint density at radius 1 is 0.509 bits per heavy atom. The first-order valence-corrected chi connectivity index (χ1v) is 36.4. The summed E-state index contributed by atoms with van der Waals surface area (Å²) >= 11 is 5.82. The molecular weight excluding hydrogens is 1440 g/mol. The highest BCUT2D eigenvalue weighted by atomic mass is 35.7. The Balaban J connectivity index is 0.000000164. The van der Waals surface area contributed by atoms with Crippen LogP contribution in [0, 0.1) is 54.3 Å². The van der Waals surface area contributed by atoms with Gasteiger partial charge in [-0.3, -0.25) is 35.3 Å². The lowest BCUT2D eigenvalue weighted by molar-refractivity contribution is -0.116. The van der Waals surface area contributed by atoms with Crippen LogP contribution in [-0.2, 0) is 34.7 Å². The molecule has 0 unspecified atom stereocenters. The number of nitriles is 1. The van der Waals surface area contributed by atoms with Crippen LogP contribution in [0.2, 0.25) is 5.02 Å². The van der Waals surface area contributed by atoms with E-state index in [1.165, 1.54) is 72.7 Å². The highest BCUT2D eigenvalue weighted by Crippen LogP contribution is 2.32. The fraction of sp³-hybridized carbons (Fsp3) is 0.154. The third-order valence-corrected chi connectivity index (χ3v) is 18.7. The summed E-state index contributed by atoms with van der Waals surface area (Å²) in [5.74, 6) is 4.29. The van der Waals surface area contributed by atoms with Crippen molar-refractivity contribution < 1.29 is 43.6 Å². The minimum Gasteiger partial charge on any atom is -0.398 e. The van der Waals surface area contributed by atoms with E-state index in [0.29, 0.717) is 88.0 Å². The zero-order valence-corrected chi connectivity index (χ0v) is 61.9. The van der Waals surface area contributed by atoms with Crippen molar-refractivity contribution in [1.29, 1.82) is 5.26 Å². The standard InChI is InChI=1S/C24H24FN3O2S.C13H11FN4.C10H13ClO2S.C9H5ClFN.C9H8FN3.C9H7FN2.C4H5NO/c1-16-15-23(27-31(29,30)18-13-11-17(12-14-18)24(2,3)4)28(26-16)22-10-6-7-19-20(22)8-5-9-21(19)25;1-8-7-12(15)18(17-8)11-5-6-16-13-9(11)3-2-4-10(13)14;1-10(2,3)8-4-6-9(7-5-8)14(11,12)13;10-7-4-5-12-9-6(7)2-1-3-8(9)11;10-7-3-1-2-6-8(13-11)4-5-12-9(6)7;10-7-3-1-2-6-8(11)4-5-12-9(6)7;1-4(6)2-3-5/h5-15,27H,1-4H3;2-7H,15H2,1H3;4-7H,1-3H3;1-5H;1-5H,11H2,(H,12,13);1-5H,(H2,11,12);2H2,1H3. The maximum absolute atomic E-state index is 14.3. The number of halogens is 7. The van der Waals surface area contributed by atoms with Gasteiger partial charge in [-0.05, 0) is 128 Å². The summed E-state index contributed by atoms with van der Waals surface area (Å²) in [4.78, 5) is 25.9. The third-order valence-electron chi connectivity index (χ3n) is 15.6. The molecule has 0 atom stereocenters. The van der Waals surface area contributed by atoms with Gasteiger partial charge in [-0.2, -0.15) is 15.5 Å². The minimum absolute atomic E-state index is 0.0224. The molecule has 0 saturated heterocycles. The molecule has 8 aromatic carbocycles. The number of Topliss-reactive ketones (excluding diaryl/α,β-unsaturated/α-hetero) is 1. The lowest BCUT2D eigenvalue weighted by Gasteiger charge is -2.19. The summed E-state index contributed by atoms with van der Waals surface area (Å²) in [6.07, 6.45) is 6.10. The van der Waals surface area contributed by atoms with Crippen LogP contribution in [-0.4, -0.2) is 62.1 Å². The molecule has 0 spiro atoms. The molecule has 14 aromatic rings. The quantitative estimate of drug-likeness (QED) is 0.0409. The number of benzene rings is 8. The van der Waals surface area contributed by atoms with Crippen molar-refractivity contribution >= 4 is 125 Å². The number of carbonyl (C=O) groups excluding carboxylic acids is 1. The molecule has 6 heterocycles. The average Bonchev–Trinajstić information content (AvgIpc) is 1.61. The number of rotatable bonds is 8. The molecule has 19 nitrogen and oxygen atoms in total. The van der Waals surface area contributed by atoms with Gasteiger partial charge in [0.05, 0.1) is 55.8 Å². The summed E-state index contributed by atoms with van der Waals surface area (Å²) in [5, 5.41) is 20.8. The van der Waals surface area contributed by atoms with Crippen molar-refractivity contribution in [3.05, 3.63) is 276 Å². The third kappa shape index (κ3) is 20.5. The first-order chi connectivity index (χ1) is 50.1. The summed E-state index contributed by atoms with van der Waals surface area (Å²) in [5.41, 5.74) is 21.4. The van der Waals surface area contributed by atoms with E-state index < -0.39 is 19.1 Å². The first kappa shape index (κ1) is 80.2. The highest BCUT2D eigenvalue weighted by molar-refractivity contribution is 8.13. The number of nitrogens with one attached hydrogen (secondary N) is 2. The van der Waals surface area contributed by atoms with Gasteiger partial charge in [0.25, 0.3) is 19.1 Å². The van der Waals surface area contributed by atoms with Crippen LogP contribution in [0.4, 0.5) is 45.0 Å². The number of nitrogens with zero attached hydrogens (tertiary/aromatic N) is 9. The second-order valence-corrected chi connectivity index (χ2v) is 30.2. The molecule has 0 fully saturated rings. The molecule has 28 heteroatoms. The molecule has 8 N–H and O–H groups in total. The van der Waals surface area contributed by atoms with Crippen LogP contribution < -0.4 is 27.5 Å². The van der Waals surface area contributed by atoms with Crippen molar-refractivity contribution in [2.24, 2.45) is 5.84 Å². The van der Waals surface area contributed by atoms with Crippen LogP contribution in [0.1, 0.15) is 77.4 Å². The van der Waals surface area contributed by atoms with Gasteiger partial charge in [0, 0.05) is 85.6 Å². The number of anilines is 4. The maximum atomic E-state index is 14.3. The monoisotopic (exact) mass is 1510 g/mol. The number of hydrazine groups is 1. The number of para-hydroxylation sites is 4. The van der Waals surface area contributed by atoms with Gasteiger partial charge in [-0.1, -0.05) is 150 Å². The Kier molecular flexibility index (Phi) is 26.4. The average molecular weight is 1520 g/mol. The van der Waals surface area contributed by atoms with E-state index in [0.717, 1.165) is 22.5 Å². The van der Waals surface area contributed by atoms with E-state index in [9.17, 15) is 43.6 Å². The van der Waals surface area contributed by atoms with Crippen molar-refractivity contribution in [2.45, 2.75) is 89.4 Å². The Morgan fingerprint density at radius 2 is 0.925 bits per heavy atom. The second-order valence-electron chi connectivity index (χ2n) is 25.5. The topological polar surface area (TPSA) is 298 Å². The molecule has 14 rings (SSSR count). The number of pyridine rings is 4. The van der Waals surface area contributed by atoms with Crippen LogP contribution in [0.3, 0.4) is 0 Å². The number of aryl methyl sites for hydroxylation is 2. The van der Waals surface area contributed by atoms with Crippen molar-refractivity contribution in [1.82, 2.24) is 39.5 Å². The second kappa shape index (κ2) is 34.9. The Labute approximate surface area is 619 Å². The maximum Gasteiger partial charge on any atom is 0.263 e. The van der Waals surface area contributed by atoms with E-state index in [-0.39, 0.29) is 67.7 Å². The number of hydrogen-bond acceptors (Lipinski definition) is 16. The van der Waals surface area contributed by atoms with Gasteiger partial charge in [0.1, 0.15) is 68.6 Å². The van der Waals surface area contributed by atoms with Gasteiger partial charge in [0.15, 0.2) is 0 Å². The molecule has 546 valence electrons. The molecule has 0 bridgehead atoms. The number of ketones is 1. The van der Waals surface area contributed by atoms with Gasteiger partial charge >= 0.3 is 0 Å². The summed E-state index contributed by atoms with van der Waals surface area (Å²) in [7, 11) is -2.23. The molecule has 0 saturated carbocycles. The summed E-state index contributed by atoms with van der Waals surface area (Å²) < 4.78 is 121. The van der Waals surface area contributed by atoms with Crippen molar-refractivity contribution in [2.75, 3.05) is 21.6 Å². The molecule has 0 aliphatic heterocycles.